The molecule has 1 saturated carbocycles. The molecule has 0 aliphatic heterocycles. The summed E-state index contributed by atoms with van der Waals surface area (Å²) in [4.78, 5) is 8.60. The van der Waals surface area contributed by atoms with E-state index in [0.29, 0.717) is 29.3 Å². The second-order valence-electron chi connectivity index (χ2n) is 8.61. The fourth-order valence-electron chi connectivity index (χ4n) is 4.02. The molecule has 1 aliphatic carbocycles. The quantitative estimate of drug-likeness (QED) is 0.474. The third-order valence-electron chi connectivity index (χ3n) is 6.13. The molecule has 0 saturated heterocycles. The first-order valence-corrected chi connectivity index (χ1v) is 11.4. The number of hydrogen-bond donors (Lipinski definition) is 2. The summed E-state index contributed by atoms with van der Waals surface area (Å²) in [5, 5.41) is 14.9. The van der Waals surface area contributed by atoms with E-state index >= 15 is 0 Å². The van der Waals surface area contributed by atoms with E-state index in [1.54, 1.807) is 19.4 Å². The van der Waals surface area contributed by atoms with Crippen LogP contribution in [-0.2, 0) is 4.74 Å². The summed E-state index contributed by atoms with van der Waals surface area (Å²) in [6.07, 6.45) is 10.5. The highest BCUT2D eigenvalue weighted by Gasteiger charge is 2.20. The van der Waals surface area contributed by atoms with Crippen LogP contribution in [0.2, 0.25) is 0 Å². The third-order valence-corrected chi connectivity index (χ3v) is 6.13. The molecule has 1 fully saturated rings. The van der Waals surface area contributed by atoms with Crippen molar-refractivity contribution in [2.75, 3.05) is 30.9 Å². The van der Waals surface area contributed by atoms with E-state index in [1.165, 1.54) is 19.0 Å². The van der Waals surface area contributed by atoms with Crippen LogP contribution in [-0.4, -0.2) is 46.5 Å². The van der Waals surface area contributed by atoms with E-state index in [0.717, 1.165) is 51.2 Å². The Balaban J connectivity index is 0.00000363. The number of aromatic nitrogens is 4. The van der Waals surface area contributed by atoms with Gasteiger partial charge in [-0.3, -0.25) is 0 Å². The molecule has 0 aromatic carbocycles. The molecular weight excluding hydrogens is 395 g/mol. The predicted octanol–water partition coefficient (Wildman–Crippen LogP) is 5.17. The molecule has 0 bridgehead atoms. The Morgan fingerprint density at radius 1 is 1.26 bits per heavy atom. The summed E-state index contributed by atoms with van der Waals surface area (Å²) >= 11 is 0. The molecule has 1 atom stereocenters. The van der Waals surface area contributed by atoms with Gasteiger partial charge in [-0.25, -0.2) is 14.4 Å². The summed E-state index contributed by atoms with van der Waals surface area (Å²) in [5.41, 5.74) is 0.830. The van der Waals surface area contributed by atoms with Gasteiger partial charge in [0.25, 0.3) is 0 Å². The van der Waals surface area contributed by atoms with Crippen LogP contribution >= 0.6 is 0 Å². The van der Waals surface area contributed by atoms with Crippen LogP contribution in [0.25, 0.3) is 11.3 Å². The molecule has 1 unspecified atom stereocenters. The van der Waals surface area contributed by atoms with E-state index in [9.17, 15) is 4.39 Å². The van der Waals surface area contributed by atoms with Gasteiger partial charge in [-0.1, -0.05) is 20.3 Å². The van der Waals surface area contributed by atoms with Gasteiger partial charge in [0.05, 0.1) is 12.4 Å². The van der Waals surface area contributed by atoms with Gasteiger partial charge in [-0.15, -0.1) is 5.10 Å². The molecule has 7 nitrogen and oxygen atoms in total. The molecular formula is C23H37FN6O. The number of methoxy groups -OCH3 is 1. The Hall–Kier alpha value is -2.35. The van der Waals surface area contributed by atoms with Crippen LogP contribution in [0, 0.1) is 17.7 Å². The standard InChI is InChI=1S/C23H35FN6O.H2/c1-4-17(6-5-11-31-3)13-25-21-12-18(14-27-30-21)22-20(24)15-26-23(29-22)28-19-9-7-16(2)8-10-19;/h12,14-17,19H,4-11,13H2,1-3H3,(H,25,30)(H,26,28,29);1H. The van der Waals surface area contributed by atoms with E-state index in [2.05, 4.69) is 44.6 Å². The second kappa shape index (κ2) is 11.9. The first kappa shape index (κ1) is 23.3. The largest absolute Gasteiger partial charge is 0.385 e. The lowest BCUT2D eigenvalue weighted by molar-refractivity contribution is 0.187. The maximum Gasteiger partial charge on any atom is 0.223 e. The maximum atomic E-state index is 14.5. The Morgan fingerprint density at radius 2 is 2.06 bits per heavy atom. The lowest BCUT2D eigenvalue weighted by Crippen LogP contribution is -2.26. The van der Waals surface area contributed by atoms with Crippen LogP contribution in [0.3, 0.4) is 0 Å². The van der Waals surface area contributed by atoms with Crippen LogP contribution in [0.4, 0.5) is 16.2 Å². The molecule has 0 spiro atoms. The molecule has 172 valence electrons. The lowest BCUT2D eigenvalue weighted by atomic mass is 9.87. The van der Waals surface area contributed by atoms with Gasteiger partial charge in [0.2, 0.25) is 5.95 Å². The lowest BCUT2D eigenvalue weighted by Gasteiger charge is -2.26. The summed E-state index contributed by atoms with van der Waals surface area (Å²) in [7, 11) is 1.73. The topological polar surface area (TPSA) is 84.9 Å². The van der Waals surface area contributed by atoms with E-state index in [4.69, 9.17) is 4.74 Å². The van der Waals surface area contributed by atoms with Gasteiger partial charge < -0.3 is 15.4 Å². The SMILES string of the molecule is CCC(CCCOC)CNc1cc(-c2nc(NC3CCC(C)CC3)ncc2F)cnn1.[HH]. The monoisotopic (exact) mass is 432 g/mol. The van der Waals surface area contributed by atoms with Gasteiger partial charge in [-0.2, -0.15) is 5.10 Å². The van der Waals surface area contributed by atoms with Gasteiger partial charge >= 0.3 is 0 Å². The molecule has 8 heteroatoms. The van der Waals surface area contributed by atoms with Gasteiger partial charge in [-0.05, 0) is 56.4 Å². The molecule has 0 amide bonds. The van der Waals surface area contributed by atoms with E-state index < -0.39 is 5.82 Å². The van der Waals surface area contributed by atoms with Crippen molar-refractivity contribution in [1.29, 1.82) is 0 Å². The normalized spacial score (nSPS) is 19.7. The Bertz CT molecular complexity index is 819. The second-order valence-corrected chi connectivity index (χ2v) is 8.61. The number of anilines is 2. The van der Waals surface area contributed by atoms with Crippen LogP contribution in [0.5, 0.6) is 0 Å². The zero-order chi connectivity index (χ0) is 22.1. The van der Waals surface area contributed by atoms with Crippen molar-refractivity contribution in [2.24, 2.45) is 11.8 Å². The highest BCUT2D eigenvalue weighted by Crippen LogP contribution is 2.27. The molecule has 2 aromatic rings. The average molecular weight is 433 g/mol. The number of hydrogen-bond acceptors (Lipinski definition) is 7. The van der Waals surface area contributed by atoms with Crippen molar-refractivity contribution < 1.29 is 10.6 Å². The highest BCUT2D eigenvalue weighted by molar-refractivity contribution is 5.63. The average Bonchev–Trinajstić information content (AvgIpc) is 2.79. The smallest absolute Gasteiger partial charge is 0.223 e. The summed E-state index contributed by atoms with van der Waals surface area (Å²) in [6, 6.07) is 2.14. The molecule has 3 rings (SSSR count). The molecule has 1 aliphatic rings. The number of rotatable bonds is 11. The number of ether oxygens (including phenoxy) is 1. The first-order valence-electron chi connectivity index (χ1n) is 11.4. The van der Waals surface area contributed by atoms with Crippen molar-refractivity contribution in [1.82, 2.24) is 20.2 Å². The van der Waals surface area contributed by atoms with E-state index in [-0.39, 0.29) is 7.12 Å². The van der Waals surface area contributed by atoms with Crippen LogP contribution in [0.1, 0.15) is 60.2 Å². The van der Waals surface area contributed by atoms with Crippen molar-refractivity contribution in [3.05, 3.63) is 24.3 Å². The molecule has 2 N–H and O–H groups in total. The minimum absolute atomic E-state index is 0. The number of nitrogens with zero attached hydrogens (tertiary/aromatic N) is 4. The fraction of sp³-hybridized carbons (Fsp3) is 0.652. The summed E-state index contributed by atoms with van der Waals surface area (Å²) in [5.74, 6) is 1.91. The fourth-order valence-corrected chi connectivity index (χ4v) is 4.02. The molecule has 31 heavy (non-hydrogen) atoms. The van der Waals surface area contributed by atoms with Gasteiger partial charge in [0, 0.05) is 33.3 Å². The van der Waals surface area contributed by atoms with Gasteiger partial charge in [0.15, 0.2) is 5.82 Å². The Kier molecular flexibility index (Phi) is 8.94. The van der Waals surface area contributed by atoms with Crippen molar-refractivity contribution in [3.63, 3.8) is 0 Å². The molecule has 2 aromatic heterocycles. The zero-order valence-electron chi connectivity index (χ0n) is 18.9. The van der Waals surface area contributed by atoms with Crippen molar-refractivity contribution in [3.8, 4) is 11.3 Å². The molecule has 0 radical (unpaired) electrons. The van der Waals surface area contributed by atoms with Gasteiger partial charge in [0.1, 0.15) is 11.5 Å². The summed E-state index contributed by atoms with van der Waals surface area (Å²) in [6.45, 7) is 6.03. The highest BCUT2D eigenvalue weighted by atomic mass is 19.1. The predicted molar refractivity (Wildman–Crippen MR) is 124 cm³/mol. The minimum Gasteiger partial charge on any atom is -0.385 e. The van der Waals surface area contributed by atoms with Crippen molar-refractivity contribution in [2.45, 2.75) is 64.8 Å². The Morgan fingerprint density at radius 3 is 2.81 bits per heavy atom. The number of halogens is 1. The van der Waals surface area contributed by atoms with Crippen LogP contribution in [0.15, 0.2) is 18.5 Å². The minimum atomic E-state index is -0.465. The van der Waals surface area contributed by atoms with Crippen LogP contribution < -0.4 is 10.6 Å². The molecule has 2 heterocycles. The van der Waals surface area contributed by atoms with E-state index in [1.807, 2.05) is 0 Å². The van der Waals surface area contributed by atoms with Crippen molar-refractivity contribution >= 4 is 11.8 Å². The third kappa shape index (κ3) is 7.09. The first-order chi connectivity index (χ1) is 15.1. The summed E-state index contributed by atoms with van der Waals surface area (Å²) < 4.78 is 19.7. The number of nitrogens with one attached hydrogen (secondary N) is 2. The zero-order valence-corrected chi connectivity index (χ0v) is 18.9. The Labute approximate surface area is 186 Å². The maximum absolute atomic E-state index is 14.5.